The molecule has 0 aliphatic heterocycles. The van der Waals surface area contributed by atoms with Gasteiger partial charge in [-0.15, -0.1) is 0 Å². The summed E-state index contributed by atoms with van der Waals surface area (Å²) < 4.78 is 23.7. The van der Waals surface area contributed by atoms with Crippen molar-refractivity contribution in [2.24, 2.45) is 0 Å². The maximum absolute atomic E-state index is 13.6. The number of hydrogen-bond acceptors (Lipinski definition) is 5. The summed E-state index contributed by atoms with van der Waals surface area (Å²) in [6.07, 6.45) is 0. The largest absolute Gasteiger partial charge is 0.477 e. The molecule has 1 aromatic carbocycles. The van der Waals surface area contributed by atoms with Crippen LogP contribution in [-0.2, 0) is 6.61 Å². The fourth-order valence-corrected chi connectivity index (χ4v) is 1.76. The monoisotopic (exact) mass is 295 g/mol. The van der Waals surface area contributed by atoms with Gasteiger partial charge in [0.05, 0.1) is 4.92 Å². The SMILES string of the molecule is Cc1cc(COc2c(F)cccc2[N+](=O)[O-])oc1C(=O)O. The van der Waals surface area contributed by atoms with Crippen LogP contribution in [0.15, 0.2) is 28.7 Å². The van der Waals surface area contributed by atoms with Gasteiger partial charge >= 0.3 is 11.7 Å². The normalized spacial score (nSPS) is 10.4. The maximum Gasteiger partial charge on any atom is 0.372 e. The lowest BCUT2D eigenvalue weighted by atomic mass is 10.2. The van der Waals surface area contributed by atoms with E-state index < -0.39 is 28.1 Å². The summed E-state index contributed by atoms with van der Waals surface area (Å²) in [6, 6.07) is 4.74. The molecule has 2 rings (SSSR count). The van der Waals surface area contributed by atoms with Gasteiger partial charge in [-0.3, -0.25) is 10.1 Å². The molecule has 8 heteroatoms. The molecule has 0 saturated carbocycles. The van der Waals surface area contributed by atoms with E-state index in [0.29, 0.717) is 5.56 Å². The Hall–Kier alpha value is -2.90. The topological polar surface area (TPSA) is 103 Å². The molecule has 0 bridgehead atoms. The molecule has 110 valence electrons. The second-order valence-corrected chi connectivity index (χ2v) is 4.16. The summed E-state index contributed by atoms with van der Waals surface area (Å²) in [5.74, 6) is -2.77. The number of hydrogen-bond donors (Lipinski definition) is 1. The van der Waals surface area contributed by atoms with Crippen molar-refractivity contribution in [1.29, 1.82) is 0 Å². The van der Waals surface area contributed by atoms with Crippen LogP contribution in [0.4, 0.5) is 10.1 Å². The van der Waals surface area contributed by atoms with Gasteiger partial charge in [-0.05, 0) is 19.1 Å². The number of nitrogens with zero attached hydrogens (tertiary/aromatic N) is 1. The molecule has 0 aliphatic carbocycles. The smallest absolute Gasteiger partial charge is 0.372 e. The molecule has 21 heavy (non-hydrogen) atoms. The van der Waals surface area contributed by atoms with Crippen molar-refractivity contribution in [2.75, 3.05) is 0 Å². The van der Waals surface area contributed by atoms with Crippen molar-refractivity contribution in [1.82, 2.24) is 0 Å². The minimum Gasteiger partial charge on any atom is -0.477 e. The molecule has 1 aromatic heterocycles. The van der Waals surface area contributed by atoms with E-state index in [0.717, 1.165) is 12.1 Å². The fourth-order valence-electron chi connectivity index (χ4n) is 1.76. The second kappa shape index (κ2) is 5.61. The van der Waals surface area contributed by atoms with Crippen LogP contribution < -0.4 is 4.74 Å². The van der Waals surface area contributed by atoms with Crippen molar-refractivity contribution >= 4 is 11.7 Å². The minimum atomic E-state index is -1.24. The zero-order valence-corrected chi connectivity index (χ0v) is 10.8. The average molecular weight is 295 g/mol. The van der Waals surface area contributed by atoms with Crippen molar-refractivity contribution in [3.05, 3.63) is 57.3 Å². The Labute approximate surface area is 117 Å². The van der Waals surface area contributed by atoms with E-state index in [1.807, 2.05) is 0 Å². The second-order valence-electron chi connectivity index (χ2n) is 4.16. The van der Waals surface area contributed by atoms with E-state index in [4.69, 9.17) is 14.3 Å². The summed E-state index contributed by atoms with van der Waals surface area (Å²) in [5, 5.41) is 19.6. The Morgan fingerprint density at radius 1 is 1.52 bits per heavy atom. The third kappa shape index (κ3) is 2.99. The first-order chi connectivity index (χ1) is 9.90. The first-order valence-corrected chi connectivity index (χ1v) is 5.78. The highest BCUT2D eigenvalue weighted by molar-refractivity contribution is 5.86. The summed E-state index contributed by atoms with van der Waals surface area (Å²) in [5.41, 5.74) is -0.138. The number of aryl methyl sites for hydroxylation is 1. The molecule has 7 nitrogen and oxygen atoms in total. The van der Waals surface area contributed by atoms with E-state index in [1.54, 1.807) is 0 Å². The molecule has 2 aromatic rings. The molecule has 0 unspecified atom stereocenters. The standard InChI is InChI=1S/C13H10FNO6/c1-7-5-8(21-11(7)13(16)17)6-20-12-9(14)3-2-4-10(12)15(18)19/h2-5H,6H2,1H3,(H,16,17). The Morgan fingerprint density at radius 2 is 2.24 bits per heavy atom. The number of benzene rings is 1. The van der Waals surface area contributed by atoms with Crippen molar-refractivity contribution in [3.8, 4) is 5.75 Å². The van der Waals surface area contributed by atoms with Gasteiger partial charge in [-0.1, -0.05) is 6.07 Å². The summed E-state index contributed by atoms with van der Waals surface area (Å²) >= 11 is 0. The number of carboxylic acid groups (broad SMARTS) is 1. The number of carbonyl (C=O) groups is 1. The molecule has 0 aliphatic rings. The number of halogens is 1. The summed E-state index contributed by atoms with van der Waals surface area (Å²) in [4.78, 5) is 20.8. The number of ether oxygens (including phenoxy) is 1. The zero-order valence-electron chi connectivity index (χ0n) is 10.8. The van der Waals surface area contributed by atoms with E-state index in [-0.39, 0.29) is 18.1 Å². The maximum atomic E-state index is 13.6. The first-order valence-electron chi connectivity index (χ1n) is 5.78. The number of nitro benzene ring substituents is 1. The van der Waals surface area contributed by atoms with E-state index >= 15 is 0 Å². The molecular weight excluding hydrogens is 285 g/mol. The molecular formula is C13H10FNO6. The van der Waals surface area contributed by atoms with Crippen LogP contribution in [-0.4, -0.2) is 16.0 Å². The fraction of sp³-hybridized carbons (Fsp3) is 0.154. The predicted octanol–water partition coefficient (Wildman–Crippen LogP) is 2.91. The highest BCUT2D eigenvalue weighted by atomic mass is 19.1. The van der Waals surface area contributed by atoms with Gasteiger partial charge < -0.3 is 14.3 Å². The van der Waals surface area contributed by atoms with Crippen LogP contribution in [0.5, 0.6) is 5.75 Å². The molecule has 1 heterocycles. The van der Waals surface area contributed by atoms with Crippen LogP contribution in [0.1, 0.15) is 21.9 Å². The Balaban J connectivity index is 2.23. The van der Waals surface area contributed by atoms with Gasteiger partial charge in [0.15, 0.2) is 5.82 Å². The van der Waals surface area contributed by atoms with Crippen molar-refractivity contribution in [2.45, 2.75) is 13.5 Å². The zero-order chi connectivity index (χ0) is 15.6. The van der Waals surface area contributed by atoms with E-state index in [1.165, 1.54) is 19.1 Å². The number of aromatic carboxylic acids is 1. The van der Waals surface area contributed by atoms with E-state index in [2.05, 4.69) is 0 Å². The average Bonchev–Trinajstić information content (AvgIpc) is 2.78. The van der Waals surface area contributed by atoms with Gasteiger partial charge in [-0.25, -0.2) is 9.18 Å². The molecule has 0 spiro atoms. The molecule has 1 N–H and O–H groups in total. The highest BCUT2D eigenvalue weighted by Crippen LogP contribution is 2.30. The van der Waals surface area contributed by atoms with Crippen molar-refractivity contribution < 1.29 is 28.4 Å². The Kier molecular flexibility index (Phi) is 3.88. The van der Waals surface area contributed by atoms with Crippen LogP contribution in [0, 0.1) is 22.9 Å². The lowest BCUT2D eigenvalue weighted by Gasteiger charge is -2.05. The molecule has 0 radical (unpaired) electrons. The Morgan fingerprint density at radius 3 is 2.81 bits per heavy atom. The number of nitro groups is 1. The van der Waals surface area contributed by atoms with Gasteiger partial charge in [0.2, 0.25) is 11.5 Å². The van der Waals surface area contributed by atoms with Crippen LogP contribution in [0.2, 0.25) is 0 Å². The molecule has 0 atom stereocenters. The predicted molar refractivity (Wildman–Crippen MR) is 67.8 cm³/mol. The number of rotatable bonds is 5. The molecule has 0 saturated heterocycles. The van der Waals surface area contributed by atoms with Crippen LogP contribution >= 0.6 is 0 Å². The third-order valence-electron chi connectivity index (χ3n) is 2.66. The lowest BCUT2D eigenvalue weighted by Crippen LogP contribution is -2.00. The molecule has 0 fully saturated rings. The number of para-hydroxylation sites is 1. The van der Waals surface area contributed by atoms with E-state index in [9.17, 15) is 19.3 Å². The highest BCUT2D eigenvalue weighted by Gasteiger charge is 2.21. The Bertz CT molecular complexity index is 709. The van der Waals surface area contributed by atoms with Crippen LogP contribution in [0.3, 0.4) is 0 Å². The first kappa shape index (κ1) is 14.5. The van der Waals surface area contributed by atoms with Gasteiger partial charge in [0, 0.05) is 11.6 Å². The van der Waals surface area contributed by atoms with Gasteiger partial charge in [0.25, 0.3) is 0 Å². The minimum absolute atomic E-state index is 0.127. The van der Waals surface area contributed by atoms with Gasteiger partial charge in [0.1, 0.15) is 12.4 Å². The quantitative estimate of drug-likeness (QED) is 0.672. The number of carboxylic acids is 1. The van der Waals surface area contributed by atoms with Gasteiger partial charge in [-0.2, -0.15) is 0 Å². The number of furan rings is 1. The summed E-state index contributed by atoms with van der Waals surface area (Å²) in [7, 11) is 0. The lowest BCUT2D eigenvalue weighted by molar-refractivity contribution is -0.386. The summed E-state index contributed by atoms with van der Waals surface area (Å²) in [6.45, 7) is 1.21. The molecule has 0 amide bonds. The van der Waals surface area contributed by atoms with Crippen LogP contribution in [0.25, 0.3) is 0 Å². The third-order valence-corrected chi connectivity index (χ3v) is 2.66. The van der Waals surface area contributed by atoms with Crippen molar-refractivity contribution in [3.63, 3.8) is 0 Å².